The zero-order valence-corrected chi connectivity index (χ0v) is 10.7. The van der Waals surface area contributed by atoms with Gasteiger partial charge in [-0.3, -0.25) is 0 Å². The summed E-state index contributed by atoms with van der Waals surface area (Å²) in [6.45, 7) is 2.73. The van der Waals surface area contributed by atoms with Crippen molar-refractivity contribution in [3.63, 3.8) is 0 Å². The molecule has 0 aliphatic rings. The highest BCUT2D eigenvalue weighted by molar-refractivity contribution is 5.64. The van der Waals surface area contributed by atoms with Gasteiger partial charge in [-0.05, 0) is 42.8 Å². The summed E-state index contributed by atoms with van der Waals surface area (Å²) in [7, 11) is 0. The quantitative estimate of drug-likeness (QED) is 0.912. The van der Waals surface area contributed by atoms with Crippen molar-refractivity contribution in [2.75, 3.05) is 11.4 Å². The maximum atomic E-state index is 14.1. The second kappa shape index (κ2) is 5.80. The summed E-state index contributed by atoms with van der Waals surface area (Å²) in [4.78, 5) is 1.72. The minimum absolute atomic E-state index is 0.295. The van der Waals surface area contributed by atoms with Gasteiger partial charge in [0.25, 0.3) is 0 Å². The Hall–Kier alpha value is -1.94. The van der Waals surface area contributed by atoms with Crippen molar-refractivity contribution in [2.24, 2.45) is 5.73 Å². The molecule has 0 fully saturated rings. The van der Waals surface area contributed by atoms with E-state index in [1.54, 1.807) is 29.2 Å². The third-order valence-electron chi connectivity index (χ3n) is 2.97. The zero-order chi connectivity index (χ0) is 13.8. The Morgan fingerprint density at radius 1 is 1.11 bits per heavy atom. The lowest BCUT2D eigenvalue weighted by atomic mass is 10.1. The van der Waals surface area contributed by atoms with Gasteiger partial charge in [0, 0.05) is 18.8 Å². The molecule has 0 radical (unpaired) electrons. The number of hydrogen-bond donors (Lipinski definition) is 1. The molecular weight excluding hydrogens is 246 g/mol. The number of rotatable bonds is 4. The number of nitrogens with two attached hydrogens (primary N) is 1. The van der Waals surface area contributed by atoms with Crippen molar-refractivity contribution in [3.05, 3.63) is 59.7 Å². The van der Waals surface area contributed by atoms with Crippen LogP contribution in [-0.2, 0) is 6.54 Å². The highest BCUT2D eigenvalue weighted by Crippen LogP contribution is 2.28. The van der Waals surface area contributed by atoms with Gasteiger partial charge in [-0.2, -0.15) is 0 Å². The summed E-state index contributed by atoms with van der Waals surface area (Å²) in [5.74, 6) is -0.691. The second-order valence-corrected chi connectivity index (χ2v) is 4.21. The van der Waals surface area contributed by atoms with Crippen molar-refractivity contribution in [1.29, 1.82) is 0 Å². The predicted molar refractivity (Wildman–Crippen MR) is 73.4 cm³/mol. The fourth-order valence-electron chi connectivity index (χ4n) is 2.03. The average molecular weight is 262 g/mol. The van der Waals surface area contributed by atoms with Gasteiger partial charge >= 0.3 is 0 Å². The molecule has 0 heterocycles. The van der Waals surface area contributed by atoms with E-state index in [9.17, 15) is 8.78 Å². The van der Waals surface area contributed by atoms with Gasteiger partial charge in [0.15, 0.2) is 0 Å². The van der Waals surface area contributed by atoms with Gasteiger partial charge in [-0.1, -0.05) is 12.1 Å². The first-order chi connectivity index (χ1) is 9.15. The maximum absolute atomic E-state index is 14.1. The molecule has 2 aromatic carbocycles. The van der Waals surface area contributed by atoms with E-state index in [1.807, 2.05) is 6.92 Å². The first-order valence-corrected chi connectivity index (χ1v) is 6.17. The minimum Gasteiger partial charge on any atom is -0.339 e. The molecule has 2 nitrogen and oxygen atoms in total. The van der Waals surface area contributed by atoms with E-state index in [-0.39, 0.29) is 11.6 Å². The summed E-state index contributed by atoms with van der Waals surface area (Å²) in [5.41, 5.74) is 7.26. The Bertz CT molecular complexity index is 570. The first kappa shape index (κ1) is 13.5. The Morgan fingerprint density at radius 2 is 1.89 bits per heavy atom. The fourth-order valence-corrected chi connectivity index (χ4v) is 2.03. The lowest BCUT2D eigenvalue weighted by molar-refractivity contribution is 0.620. The van der Waals surface area contributed by atoms with E-state index in [0.29, 0.717) is 24.5 Å². The van der Waals surface area contributed by atoms with Crippen LogP contribution in [0.2, 0.25) is 0 Å². The molecule has 2 rings (SSSR count). The minimum atomic E-state index is -0.353. The topological polar surface area (TPSA) is 29.3 Å². The van der Waals surface area contributed by atoms with Gasteiger partial charge in [0.05, 0.1) is 5.69 Å². The van der Waals surface area contributed by atoms with Crippen LogP contribution in [0.25, 0.3) is 0 Å². The molecule has 0 amide bonds. The maximum Gasteiger partial charge on any atom is 0.147 e. The molecular formula is C15H16F2N2. The zero-order valence-electron chi connectivity index (χ0n) is 10.7. The van der Waals surface area contributed by atoms with Gasteiger partial charge in [-0.25, -0.2) is 8.78 Å². The third-order valence-corrected chi connectivity index (χ3v) is 2.97. The summed E-state index contributed by atoms with van der Waals surface area (Å²) >= 11 is 0. The summed E-state index contributed by atoms with van der Waals surface area (Å²) in [6, 6.07) is 11.0. The molecule has 0 unspecified atom stereocenters. The molecule has 0 aliphatic heterocycles. The van der Waals surface area contributed by atoms with Crippen LogP contribution in [0.5, 0.6) is 0 Å². The van der Waals surface area contributed by atoms with E-state index < -0.39 is 0 Å². The Morgan fingerprint density at radius 3 is 2.47 bits per heavy atom. The van der Waals surface area contributed by atoms with Crippen molar-refractivity contribution < 1.29 is 8.78 Å². The lowest BCUT2D eigenvalue weighted by Gasteiger charge is -2.24. The number of nitrogens with zero attached hydrogens (tertiary/aromatic N) is 1. The van der Waals surface area contributed by atoms with Gasteiger partial charge in [-0.15, -0.1) is 0 Å². The molecule has 0 aromatic heterocycles. The van der Waals surface area contributed by atoms with Crippen LogP contribution in [0, 0.1) is 11.6 Å². The Balaban J connectivity index is 2.42. The monoisotopic (exact) mass is 262 g/mol. The van der Waals surface area contributed by atoms with E-state index in [1.165, 1.54) is 18.2 Å². The molecule has 0 atom stereocenters. The summed E-state index contributed by atoms with van der Waals surface area (Å²) in [6.07, 6.45) is 0. The molecule has 0 saturated heterocycles. The van der Waals surface area contributed by atoms with E-state index in [4.69, 9.17) is 5.73 Å². The predicted octanol–water partition coefficient (Wildman–Crippen LogP) is 3.58. The van der Waals surface area contributed by atoms with Crippen molar-refractivity contribution in [2.45, 2.75) is 13.5 Å². The van der Waals surface area contributed by atoms with Crippen LogP contribution in [0.4, 0.5) is 20.2 Å². The fraction of sp³-hybridized carbons (Fsp3) is 0.200. The van der Waals surface area contributed by atoms with Crippen LogP contribution >= 0.6 is 0 Å². The number of benzene rings is 2. The van der Waals surface area contributed by atoms with Crippen molar-refractivity contribution in [3.8, 4) is 0 Å². The van der Waals surface area contributed by atoms with E-state index >= 15 is 0 Å². The molecule has 19 heavy (non-hydrogen) atoms. The summed E-state index contributed by atoms with van der Waals surface area (Å²) < 4.78 is 27.3. The van der Waals surface area contributed by atoms with Crippen LogP contribution in [0.1, 0.15) is 12.5 Å². The number of halogens is 2. The molecule has 0 saturated carbocycles. The van der Waals surface area contributed by atoms with E-state index in [0.717, 1.165) is 5.56 Å². The largest absolute Gasteiger partial charge is 0.339 e. The van der Waals surface area contributed by atoms with Gasteiger partial charge in [0.2, 0.25) is 0 Å². The smallest absolute Gasteiger partial charge is 0.147 e. The van der Waals surface area contributed by atoms with Gasteiger partial charge < -0.3 is 10.6 Å². The van der Waals surface area contributed by atoms with E-state index in [2.05, 4.69) is 0 Å². The molecule has 4 heteroatoms. The lowest BCUT2D eigenvalue weighted by Crippen LogP contribution is -2.17. The molecule has 2 aromatic rings. The van der Waals surface area contributed by atoms with Gasteiger partial charge in [0.1, 0.15) is 11.6 Å². The second-order valence-electron chi connectivity index (χ2n) is 4.21. The average Bonchev–Trinajstić information content (AvgIpc) is 2.41. The summed E-state index contributed by atoms with van der Waals surface area (Å²) in [5, 5.41) is 0. The van der Waals surface area contributed by atoms with Crippen LogP contribution in [0.15, 0.2) is 42.5 Å². The molecule has 100 valence electrons. The normalized spacial score (nSPS) is 10.5. The van der Waals surface area contributed by atoms with Crippen molar-refractivity contribution in [1.82, 2.24) is 0 Å². The number of hydrogen-bond acceptors (Lipinski definition) is 2. The number of anilines is 2. The standard InChI is InChI=1S/C15H16F2N2/c1-2-19(13-5-3-4-12(16)9-13)15-7-6-11(10-18)8-14(15)17/h3-9H,2,10,18H2,1H3. The SMILES string of the molecule is CCN(c1cccc(F)c1)c1ccc(CN)cc1F. The van der Waals surface area contributed by atoms with Crippen LogP contribution in [-0.4, -0.2) is 6.54 Å². The van der Waals surface area contributed by atoms with Crippen LogP contribution in [0.3, 0.4) is 0 Å². The third kappa shape index (κ3) is 2.90. The van der Waals surface area contributed by atoms with Crippen LogP contribution < -0.4 is 10.6 Å². The highest BCUT2D eigenvalue weighted by atomic mass is 19.1. The first-order valence-electron chi connectivity index (χ1n) is 6.17. The Labute approximate surface area is 111 Å². The molecule has 0 aliphatic carbocycles. The molecule has 2 N–H and O–H groups in total. The Kier molecular flexibility index (Phi) is 4.12. The van der Waals surface area contributed by atoms with Crippen molar-refractivity contribution >= 4 is 11.4 Å². The molecule has 0 spiro atoms. The molecule has 0 bridgehead atoms. The highest BCUT2D eigenvalue weighted by Gasteiger charge is 2.12.